The lowest BCUT2D eigenvalue weighted by molar-refractivity contribution is 0.0527. The summed E-state index contributed by atoms with van der Waals surface area (Å²) in [4.78, 5) is 22.6. The summed E-state index contributed by atoms with van der Waals surface area (Å²) in [6.07, 6.45) is 0.136. The first kappa shape index (κ1) is 18.7. The van der Waals surface area contributed by atoms with Gasteiger partial charge in [0.1, 0.15) is 11.4 Å². The van der Waals surface area contributed by atoms with Crippen LogP contribution < -0.4 is 16.4 Å². The van der Waals surface area contributed by atoms with Gasteiger partial charge in [-0.1, -0.05) is 0 Å². The molecule has 0 heterocycles. The highest BCUT2D eigenvalue weighted by molar-refractivity contribution is 5.94. The maximum atomic E-state index is 13.7. The van der Waals surface area contributed by atoms with Crippen molar-refractivity contribution < 1.29 is 18.7 Å². The van der Waals surface area contributed by atoms with Crippen molar-refractivity contribution >= 4 is 17.7 Å². The number of hydrogen-bond donors (Lipinski definition) is 3. The van der Waals surface area contributed by atoms with E-state index < -0.39 is 23.4 Å². The van der Waals surface area contributed by atoms with Gasteiger partial charge in [0.15, 0.2) is 0 Å². The number of rotatable bonds is 6. The average Bonchev–Trinajstić information content (AvgIpc) is 2.40. The average molecular weight is 325 g/mol. The molecule has 0 atom stereocenters. The van der Waals surface area contributed by atoms with Crippen molar-refractivity contribution in [3.05, 3.63) is 29.1 Å². The SMILES string of the molecule is Cc1c(F)cc(C(N)=O)cc1NCCCNC(=O)OC(C)(C)C. The van der Waals surface area contributed by atoms with Gasteiger partial charge in [0.2, 0.25) is 5.91 Å². The number of carbonyl (C=O) groups is 2. The minimum Gasteiger partial charge on any atom is -0.444 e. The molecule has 0 radical (unpaired) electrons. The summed E-state index contributed by atoms with van der Waals surface area (Å²) in [7, 11) is 0. The Morgan fingerprint density at radius 2 is 1.91 bits per heavy atom. The van der Waals surface area contributed by atoms with E-state index in [0.29, 0.717) is 30.8 Å². The van der Waals surface area contributed by atoms with E-state index in [-0.39, 0.29) is 5.56 Å². The molecule has 23 heavy (non-hydrogen) atoms. The van der Waals surface area contributed by atoms with Gasteiger partial charge in [-0.15, -0.1) is 0 Å². The monoisotopic (exact) mass is 325 g/mol. The van der Waals surface area contributed by atoms with E-state index in [2.05, 4.69) is 10.6 Å². The van der Waals surface area contributed by atoms with Crippen molar-refractivity contribution in [3.8, 4) is 0 Å². The van der Waals surface area contributed by atoms with Gasteiger partial charge in [-0.2, -0.15) is 0 Å². The molecule has 0 spiro atoms. The third-order valence-corrected chi connectivity index (χ3v) is 2.97. The molecule has 0 aromatic heterocycles. The van der Waals surface area contributed by atoms with Crippen molar-refractivity contribution in [2.75, 3.05) is 18.4 Å². The lowest BCUT2D eigenvalue weighted by Gasteiger charge is -2.19. The lowest BCUT2D eigenvalue weighted by Crippen LogP contribution is -2.33. The predicted octanol–water partition coefficient (Wildman–Crippen LogP) is 2.56. The van der Waals surface area contributed by atoms with E-state index in [9.17, 15) is 14.0 Å². The molecule has 0 aliphatic carbocycles. The van der Waals surface area contributed by atoms with Crippen molar-refractivity contribution in [2.24, 2.45) is 5.73 Å². The topological polar surface area (TPSA) is 93.5 Å². The molecule has 1 aromatic rings. The number of alkyl carbamates (subject to hydrolysis) is 1. The molecule has 0 fully saturated rings. The molecule has 0 bridgehead atoms. The Kier molecular flexibility index (Phi) is 6.36. The summed E-state index contributed by atoms with van der Waals surface area (Å²) in [6.45, 7) is 7.89. The summed E-state index contributed by atoms with van der Waals surface area (Å²) < 4.78 is 18.8. The molecule has 0 aliphatic heterocycles. The third kappa shape index (κ3) is 6.54. The normalized spacial score (nSPS) is 11.0. The standard InChI is InChI=1S/C16H24FN3O3/c1-10-12(17)8-11(14(18)21)9-13(10)19-6-5-7-20-15(22)23-16(2,3)4/h8-9,19H,5-7H2,1-4H3,(H2,18,21)(H,20,22). The second-order valence-electron chi connectivity index (χ2n) is 6.20. The minimum absolute atomic E-state index is 0.113. The molecule has 2 amide bonds. The number of nitrogens with one attached hydrogen (secondary N) is 2. The fourth-order valence-corrected chi connectivity index (χ4v) is 1.82. The highest BCUT2D eigenvalue weighted by Crippen LogP contribution is 2.20. The number of halogens is 1. The van der Waals surface area contributed by atoms with Crippen LogP contribution in [0.4, 0.5) is 14.9 Å². The van der Waals surface area contributed by atoms with Gasteiger partial charge in [-0.3, -0.25) is 4.79 Å². The molecule has 1 aromatic carbocycles. The van der Waals surface area contributed by atoms with E-state index in [1.165, 1.54) is 6.07 Å². The fourth-order valence-electron chi connectivity index (χ4n) is 1.82. The predicted molar refractivity (Wildman–Crippen MR) is 87.0 cm³/mol. The van der Waals surface area contributed by atoms with Crippen LogP contribution in [0.15, 0.2) is 12.1 Å². The summed E-state index contributed by atoms with van der Waals surface area (Å²) in [5.74, 6) is -1.17. The van der Waals surface area contributed by atoms with Gasteiger partial charge in [0.05, 0.1) is 0 Å². The van der Waals surface area contributed by atoms with Crippen molar-refractivity contribution in [1.82, 2.24) is 5.32 Å². The Bertz CT molecular complexity index is 583. The molecule has 6 nitrogen and oxygen atoms in total. The number of anilines is 1. The first-order valence-electron chi connectivity index (χ1n) is 7.41. The summed E-state index contributed by atoms with van der Waals surface area (Å²) >= 11 is 0. The summed E-state index contributed by atoms with van der Waals surface area (Å²) in [5, 5.41) is 5.66. The molecule has 1 rings (SSSR count). The first-order chi connectivity index (χ1) is 10.6. The molecule has 4 N–H and O–H groups in total. The Morgan fingerprint density at radius 1 is 1.26 bits per heavy atom. The minimum atomic E-state index is -0.682. The van der Waals surface area contributed by atoms with E-state index in [4.69, 9.17) is 10.5 Å². The Balaban J connectivity index is 2.45. The van der Waals surface area contributed by atoms with Gasteiger partial charge in [0.25, 0.3) is 0 Å². The Morgan fingerprint density at radius 3 is 2.48 bits per heavy atom. The number of ether oxygens (including phenoxy) is 1. The molecule has 0 aliphatic rings. The highest BCUT2D eigenvalue weighted by Gasteiger charge is 2.15. The Labute approximate surface area is 135 Å². The summed E-state index contributed by atoms with van der Waals surface area (Å²) in [6, 6.07) is 2.63. The first-order valence-corrected chi connectivity index (χ1v) is 7.41. The van der Waals surface area contributed by atoms with E-state index in [1.807, 2.05) is 0 Å². The largest absolute Gasteiger partial charge is 0.444 e. The van der Waals surface area contributed by atoms with Crippen molar-refractivity contribution in [1.29, 1.82) is 0 Å². The van der Waals surface area contributed by atoms with Crippen LogP contribution in [0.25, 0.3) is 0 Å². The van der Waals surface area contributed by atoms with Crippen LogP contribution in [0.3, 0.4) is 0 Å². The molecule has 128 valence electrons. The molecule has 0 saturated heterocycles. The zero-order valence-electron chi connectivity index (χ0n) is 14.0. The van der Waals surface area contributed by atoms with Crippen LogP contribution >= 0.6 is 0 Å². The molecular formula is C16H24FN3O3. The van der Waals surface area contributed by atoms with Crippen LogP contribution in [0, 0.1) is 12.7 Å². The zero-order valence-corrected chi connectivity index (χ0v) is 14.0. The number of nitrogens with two attached hydrogens (primary N) is 1. The number of benzene rings is 1. The zero-order chi connectivity index (χ0) is 17.6. The van der Waals surface area contributed by atoms with Crippen molar-refractivity contribution in [2.45, 2.75) is 39.7 Å². The maximum Gasteiger partial charge on any atom is 0.407 e. The van der Waals surface area contributed by atoms with Crippen molar-refractivity contribution in [3.63, 3.8) is 0 Å². The molecule has 7 heteroatoms. The van der Waals surface area contributed by atoms with Gasteiger partial charge in [-0.05, 0) is 46.2 Å². The number of primary amides is 1. The third-order valence-electron chi connectivity index (χ3n) is 2.97. The smallest absolute Gasteiger partial charge is 0.407 e. The maximum absolute atomic E-state index is 13.7. The fraction of sp³-hybridized carbons (Fsp3) is 0.500. The van der Waals surface area contributed by atoms with E-state index in [0.717, 1.165) is 6.07 Å². The van der Waals surface area contributed by atoms with Crippen LogP contribution in [0.2, 0.25) is 0 Å². The van der Waals surface area contributed by atoms with E-state index in [1.54, 1.807) is 27.7 Å². The number of hydrogen-bond acceptors (Lipinski definition) is 4. The van der Waals surface area contributed by atoms with Gasteiger partial charge < -0.3 is 21.1 Å². The Hall–Kier alpha value is -2.31. The molecular weight excluding hydrogens is 301 g/mol. The van der Waals surface area contributed by atoms with Crippen LogP contribution in [-0.2, 0) is 4.74 Å². The lowest BCUT2D eigenvalue weighted by atomic mass is 10.1. The molecule has 0 unspecified atom stereocenters. The highest BCUT2D eigenvalue weighted by atomic mass is 19.1. The molecule has 0 saturated carbocycles. The van der Waals surface area contributed by atoms with E-state index >= 15 is 0 Å². The van der Waals surface area contributed by atoms with Gasteiger partial charge >= 0.3 is 6.09 Å². The number of carbonyl (C=O) groups excluding carboxylic acids is 2. The second-order valence-corrected chi connectivity index (χ2v) is 6.20. The van der Waals surface area contributed by atoms with Gasteiger partial charge in [-0.25, -0.2) is 9.18 Å². The second kappa shape index (κ2) is 7.80. The quantitative estimate of drug-likeness (QED) is 0.701. The van der Waals surface area contributed by atoms with Crippen LogP contribution in [0.1, 0.15) is 43.1 Å². The van der Waals surface area contributed by atoms with Gasteiger partial charge in [0, 0.05) is 29.9 Å². The van der Waals surface area contributed by atoms with Crippen LogP contribution in [-0.4, -0.2) is 30.7 Å². The summed E-state index contributed by atoms with van der Waals surface area (Å²) in [5.41, 5.74) is 5.67. The van der Waals surface area contributed by atoms with Crippen LogP contribution in [0.5, 0.6) is 0 Å². The number of amides is 2.